The van der Waals surface area contributed by atoms with Gasteiger partial charge in [-0.05, 0) is 49.7 Å². The normalized spacial score (nSPS) is 12.1. The molecular weight excluding hydrogens is 334 g/mol. The average Bonchev–Trinajstić information content (AvgIpc) is 3.13. The van der Waals surface area contributed by atoms with Gasteiger partial charge in [-0.3, -0.25) is 9.67 Å². The quantitative estimate of drug-likeness (QED) is 0.576. The fraction of sp³-hybridized carbons (Fsp3) is 0.214. The number of carbonyl (C=O) groups excluding carboxylic acids is 1. The summed E-state index contributed by atoms with van der Waals surface area (Å²) in [5, 5.41) is 10.9. The zero-order valence-corrected chi connectivity index (χ0v) is 14.0. The molecule has 1 aromatic carbocycles. The van der Waals surface area contributed by atoms with Crippen LogP contribution in [0.5, 0.6) is 0 Å². The number of aromatic nitrogens is 5. The van der Waals surface area contributed by atoms with Crippen molar-refractivity contribution in [3.05, 3.63) is 46.4 Å². The third kappa shape index (κ3) is 3.06. The van der Waals surface area contributed by atoms with E-state index in [0.717, 1.165) is 10.6 Å². The average molecular weight is 347 g/mol. The highest BCUT2D eigenvalue weighted by molar-refractivity contribution is 7.71. The van der Waals surface area contributed by atoms with Crippen LogP contribution < -0.4 is 0 Å². The molecule has 0 aliphatic heterocycles. The Hall–Kier alpha value is -2.39. The Labute approximate surface area is 141 Å². The van der Waals surface area contributed by atoms with Crippen molar-refractivity contribution in [2.24, 2.45) is 0 Å². The van der Waals surface area contributed by atoms with Crippen molar-refractivity contribution in [1.82, 2.24) is 24.4 Å². The summed E-state index contributed by atoms with van der Waals surface area (Å²) in [6.07, 6.45) is -0.620. The van der Waals surface area contributed by atoms with E-state index in [-0.39, 0.29) is 0 Å². The lowest BCUT2D eigenvalue weighted by Crippen LogP contribution is -2.16. The summed E-state index contributed by atoms with van der Waals surface area (Å²) in [4.78, 5) is 13.0. The molecule has 23 heavy (non-hydrogen) atoms. The number of hydrogen-bond donors (Lipinski definition) is 1. The van der Waals surface area contributed by atoms with Crippen LogP contribution in [-0.2, 0) is 4.74 Å². The molecule has 0 bridgehead atoms. The molecule has 2 aromatic heterocycles. The van der Waals surface area contributed by atoms with E-state index in [4.69, 9.17) is 17.0 Å². The van der Waals surface area contributed by atoms with Crippen molar-refractivity contribution in [2.75, 3.05) is 0 Å². The summed E-state index contributed by atoms with van der Waals surface area (Å²) in [5.74, 6) is 0.127. The molecule has 0 saturated carbocycles. The van der Waals surface area contributed by atoms with E-state index in [1.807, 2.05) is 13.0 Å². The number of H-pyrrole nitrogens is 1. The van der Waals surface area contributed by atoms with E-state index >= 15 is 0 Å². The van der Waals surface area contributed by atoms with Crippen LogP contribution in [0.3, 0.4) is 0 Å². The maximum atomic E-state index is 12.2. The molecule has 0 aliphatic carbocycles. The number of nitrogens with zero attached hydrogens (tertiary/aromatic N) is 4. The van der Waals surface area contributed by atoms with Gasteiger partial charge >= 0.3 is 5.97 Å². The lowest BCUT2D eigenvalue weighted by atomic mass is 10.2. The Bertz CT molecular complexity index is 884. The van der Waals surface area contributed by atoms with Gasteiger partial charge in [0.25, 0.3) is 0 Å². The zero-order valence-electron chi connectivity index (χ0n) is 12.4. The highest BCUT2D eigenvalue weighted by Crippen LogP contribution is 2.27. The van der Waals surface area contributed by atoms with Crippen LogP contribution in [0.15, 0.2) is 30.3 Å². The first-order valence-electron chi connectivity index (χ1n) is 6.80. The molecule has 3 aromatic rings. The summed E-state index contributed by atoms with van der Waals surface area (Å²) in [7, 11) is 0. The molecule has 3 rings (SSSR count). The van der Waals surface area contributed by atoms with Crippen molar-refractivity contribution < 1.29 is 9.53 Å². The molecule has 0 aliphatic rings. The lowest BCUT2D eigenvalue weighted by Gasteiger charge is -2.16. The molecule has 1 unspecified atom stereocenters. The first-order chi connectivity index (χ1) is 11.1. The van der Waals surface area contributed by atoms with Crippen molar-refractivity contribution in [1.29, 1.82) is 0 Å². The topological polar surface area (TPSA) is 85.7 Å². The molecular formula is C14H13N5O2S2. The smallest absolute Gasteiger partial charge is 0.340 e. The van der Waals surface area contributed by atoms with Gasteiger partial charge in [-0.15, -0.1) is 5.10 Å². The third-order valence-corrected chi connectivity index (χ3v) is 4.32. The molecule has 1 N–H and O–H groups in total. The van der Waals surface area contributed by atoms with Gasteiger partial charge in [0.15, 0.2) is 16.8 Å². The number of aryl methyl sites for hydroxylation is 1. The van der Waals surface area contributed by atoms with E-state index in [0.29, 0.717) is 16.2 Å². The summed E-state index contributed by atoms with van der Waals surface area (Å²) in [6.45, 7) is 3.57. The SMILES string of the molecule is Cc1nnsc1-c1n[nH]c(=S)n1C(C)OC(=O)c1ccccc1. The van der Waals surface area contributed by atoms with Crippen LogP contribution >= 0.6 is 23.8 Å². The van der Waals surface area contributed by atoms with E-state index in [9.17, 15) is 4.79 Å². The van der Waals surface area contributed by atoms with Gasteiger partial charge in [-0.1, -0.05) is 22.7 Å². The summed E-state index contributed by atoms with van der Waals surface area (Å²) >= 11 is 6.46. The molecule has 0 fully saturated rings. The number of carbonyl (C=O) groups is 1. The fourth-order valence-electron chi connectivity index (χ4n) is 2.09. The predicted octanol–water partition coefficient (Wildman–Crippen LogP) is 3.14. The summed E-state index contributed by atoms with van der Waals surface area (Å²) in [5.41, 5.74) is 1.22. The number of esters is 1. The molecule has 0 radical (unpaired) electrons. The maximum absolute atomic E-state index is 12.2. The van der Waals surface area contributed by atoms with Crippen LogP contribution in [0.2, 0.25) is 0 Å². The molecule has 2 heterocycles. The van der Waals surface area contributed by atoms with Crippen LogP contribution in [0, 0.1) is 11.7 Å². The van der Waals surface area contributed by atoms with Gasteiger partial charge in [-0.2, -0.15) is 5.10 Å². The summed E-state index contributed by atoms with van der Waals surface area (Å²) in [6, 6.07) is 8.79. The highest BCUT2D eigenvalue weighted by atomic mass is 32.1. The van der Waals surface area contributed by atoms with Crippen LogP contribution in [0.4, 0.5) is 0 Å². The molecule has 9 heteroatoms. The van der Waals surface area contributed by atoms with Gasteiger partial charge < -0.3 is 4.74 Å². The van der Waals surface area contributed by atoms with Crippen LogP contribution in [0.25, 0.3) is 10.7 Å². The van der Waals surface area contributed by atoms with Gasteiger partial charge in [0.1, 0.15) is 4.88 Å². The molecule has 0 spiro atoms. The first kappa shape index (κ1) is 15.5. The Morgan fingerprint density at radius 3 is 2.78 bits per heavy atom. The number of rotatable bonds is 4. The van der Waals surface area contributed by atoms with Gasteiger partial charge in [0.05, 0.1) is 11.3 Å². The van der Waals surface area contributed by atoms with Crippen molar-refractivity contribution in [3.8, 4) is 10.7 Å². The second-order valence-corrected chi connectivity index (χ2v) is 5.92. The first-order valence-corrected chi connectivity index (χ1v) is 7.98. The van der Waals surface area contributed by atoms with Crippen LogP contribution in [-0.4, -0.2) is 30.3 Å². The molecule has 118 valence electrons. The minimum atomic E-state index is -0.620. The van der Waals surface area contributed by atoms with Gasteiger partial charge in [-0.25, -0.2) is 4.79 Å². The Balaban J connectivity index is 1.90. The number of nitrogens with one attached hydrogen (secondary N) is 1. The standard InChI is InChI=1S/C14H13N5O2S2/c1-8-11(23-18-15-8)12-16-17-14(22)19(12)9(2)21-13(20)10-6-4-3-5-7-10/h3-7,9H,1-2H3,(H,17,22). The Morgan fingerprint density at radius 1 is 1.39 bits per heavy atom. The maximum Gasteiger partial charge on any atom is 0.340 e. The van der Waals surface area contributed by atoms with E-state index in [2.05, 4.69) is 19.8 Å². The number of ether oxygens (including phenoxy) is 1. The predicted molar refractivity (Wildman–Crippen MR) is 87.6 cm³/mol. The van der Waals surface area contributed by atoms with E-state index < -0.39 is 12.2 Å². The minimum Gasteiger partial charge on any atom is -0.438 e. The van der Waals surface area contributed by atoms with Gasteiger partial charge in [0, 0.05) is 0 Å². The van der Waals surface area contributed by atoms with Crippen molar-refractivity contribution >= 4 is 29.7 Å². The largest absolute Gasteiger partial charge is 0.438 e. The van der Waals surface area contributed by atoms with E-state index in [1.54, 1.807) is 35.8 Å². The van der Waals surface area contributed by atoms with Crippen LogP contribution in [0.1, 0.15) is 29.2 Å². The molecule has 0 amide bonds. The second-order valence-electron chi connectivity index (χ2n) is 4.78. The van der Waals surface area contributed by atoms with Crippen molar-refractivity contribution in [3.63, 3.8) is 0 Å². The second kappa shape index (κ2) is 6.39. The molecule has 7 nitrogen and oxygen atoms in total. The Kier molecular flexibility index (Phi) is 4.30. The Morgan fingerprint density at radius 2 is 2.13 bits per heavy atom. The number of aromatic amines is 1. The van der Waals surface area contributed by atoms with Gasteiger partial charge in [0.2, 0.25) is 0 Å². The lowest BCUT2D eigenvalue weighted by molar-refractivity contribution is 0.0158. The van der Waals surface area contributed by atoms with Crippen molar-refractivity contribution in [2.45, 2.75) is 20.1 Å². The molecule has 0 saturated heterocycles. The third-order valence-electron chi connectivity index (χ3n) is 3.21. The summed E-state index contributed by atoms with van der Waals surface area (Å²) < 4.78 is 11.4. The highest BCUT2D eigenvalue weighted by Gasteiger charge is 2.21. The number of benzene rings is 1. The monoisotopic (exact) mass is 347 g/mol. The number of hydrogen-bond acceptors (Lipinski definition) is 7. The molecule has 1 atom stereocenters. The van der Waals surface area contributed by atoms with E-state index in [1.165, 1.54) is 11.5 Å². The fourth-order valence-corrected chi connectivity index (χ4v) is 3.01. The minimum absolute atomic E-state index is 0.362. The zero-order chi connectivity index (χ0) is 16.4.